The monoisotopic (exact) mass is 919 g/mol. The molecule has 0 amide bonds. The van der Waals surface area contributed by atoms with Gasteiger partial charge in [0.15, 0.2) is 6.10 Å². The maximum atomic E-state index is 12.8. The molecule has 6 heteroatoms. The van der Waals surface area contributed by atoms with Crippen molar-refractivity contribution in [3.63, 3.8) is 0 Å². The van der Waals surface area contributed by atoms with E-state index in [0.717, 1.165) is 75.5 Å². The lowest BCUT2D eigenvalue weighted by molar-refractivity contribution is -0.167. The molecule has 0 aliphatic carbocycles. The normalized spacial score (nSPS) is 12.1. The van der Waals surface area contributed by atoms with E-state index in [1.807, 2.05) is 0 Å². The van der Waals surface area contributed by atoms with Gasteiger partial charge >= 0.3 is 17.9 Å². The zero-order valence-electron chi connectivity index (χ0n) is 44.8. The van der Waals surface area contributed by atoms with E-state index < -0.39 is 6.10 Å². The van der Waals surface area contributed by atoms with Crippen molar-refractivity contribution in [2.45, 2.75) is 330 Å². The van der Waals surface area contributed by atoms with Crippen LogP contribution in [0.1, 0.15) is 324 Å². The summed E-state index contributed by atoms with van der Waals surface area (Å²) < 4.78 is 16.9. The molecule has 0 unspecified atom stereocenters. The van der Waals surface area contributed by atoms with Crippen LogP contribution in [-0.4, -0.2) is 37.2 Å². The van der Waals surface area contributed by atoms with Gasteiger partial charge in [-0.1, -0.05) is 286 Å². The summed E-state index contributed by atoms with van der Waals surface area (Å²) in [6, 6.07) is 0. The van der Waals surface area contributed by atoms with Crippen LogP contribution in [0.2, 0.25) is 0 Å². The Morgan fingerprint density at radius 2 is 0.446 bits per heavy atom. The summed E-state index contributed by atoms with van der Waals surface area (Å²) in [6.45, 7) is 13.7. The standard InChI is InChI=1S/C59H114O6/c1-53(2)45-39-33-27-22-18-14-11-9-7-8-10-12-16-20-24-30-36-42-48-57(60)63-51-56(65-59(62)50-44-38-32-26-29-35-41-47-55(5)6)52-64-58(61)49-43-37-31-25-21-17-13-15-19-23-28-34-40-46-54(3)4/h53-56H,7-52H2,1-6H3/t56-/m0/s1. The Hall–Kier alpha value is -1.59. The van der Waals surface area contributed by atoms with Crippen molar-refractivity contribution in [3.05, 3.63) is 0 Å². The molecule has 0 N–H and O–H groups in total. The van der Waals surface area contributed by atoms with E-state index in [1.54, 1.807) is 0 Å². The molecule has 0 aromatic rings. The minimum atomic E-state index is -0.764. The van der Waals surface area contributed by atoms with E-state index in [0.29, 0.717) is 19.3 Å². The van der Waals surface area contributed by atoms with Crippen molar-refractivity contribution < 1.29 is 28.6 Å². The Morgan fingerprint density at radius 3 is 0.662 bits per heavy atom. The second-order valence-electron chi connectivity index (χ2n) is 21.7. The summed E-state index contributed by atoms with van der Waals surface area (Å²) in [6.07, 6.45) is 52.5. The molecule has 0 saturated heterocycles. The highest BCUT2D eigenvalue weighted by Crippen LogP contribution is 2.18. The maximum Gasteiger partial charge on any atom is 0.306 e. The number of carbonyl (C=O) groups is 3. The molecule has 0 radical (unpaired) electrons. The van der Waals surface area contributed by atoms with E-state index in [9.17, 15) is 14.4 Å². The zero-order chi connectivity index (χ0) is 47.7. The fraction of sp³-hybridized carbons (Fsp3) is 0.949. The molecule has 0 aliphatic heterocycles. The summed E-state index contributed by atoms with van der Waals surface area (Å²) in [5.74, 6) is 1.63. The fourth-order valence-corrected chi connectivity index (χ4v) is 9.00. The minimum absolute atomic E-state index is 0.0643. The predicted molar refractivity (Wildman–Crippen MR) is 279 cm³/mol. The van der Waals surface area contributed by atoms with Crippen LogP contribution in [0.15, 0.2) is 0 Å². The first-order valence-electron chi connectivity index (χ1n) is 29.1. The molecule has 0 spiro atoms. The largest absolute Gasteiger partial charge is 0.462 e. The molecule has 0 aliphatic rings. The van der Waals surface area contributed by atoms with Gasteiger partial charge < -0.3 is 14.2 Å². The highest BCUT2D eigenvalue weighted by Gasteiger charge is 2.19. The lowest BCUT2D eigenvalue weighted by Crippen LogP contribution is -2.30. The van der Waals surface area contributed by atoms with Crippen molar-refractivity contribution in [3.8, 4) is 0 Å². The van der Waals surface area contributed by atoms with Gasteiger partial charge in [-0.3, -0.25) is 14.4 Å². The highest BCUT2D eigenvalue weighted by atomic mass is 16.6. The molecule has 1 atom stereocenters. The highest BCUT2D eigenvalue weighted by molar-refractivity contribution is 5.71. The Kier molecular flexibility index (Phi) is 49.1. The lowest BCUT2D eigenvalue weighted by atomic mass is 10.0. The Balaban J connectivity index is 4.19. The molecule has 0 saturated carbocycles. The number of esters is 3. The van der Waals surface area contributed by atoms with Crippen LogP contribution in [0.3, 0.4) is 0 Å². The summed E-state index contributed by atoms with van der Waals surface area (Å²) in [5.41, 5.74) is 0. The van der Waals surface area contributed by atoms with Gasteiger partial charge in [-0.05, 0) is 37.0 Å². The van der Waals surface area contributed by atoms with Crippen LogP contribution < -0.4 is 0 Å². The van der Waals surface area contributed by atoms with Gasteiger partial charge in [-0.15, -0.1) is 0 Å². The van der Waals surface area contributed by atoms with Gasteiger partial charge in [0.05, 0.1) is 0 Å². The Bertz CT molecular complexity index is 1010. The molecular weight excluding hydrogens is 805 g/mol. The average molecular weight is 920 g/mol. The first-order valence-corrected chi connectivity index (χ1v) is 29.1. The maximum absolute atomic E-state index is 12.8. The van der Waals surface area contributed by atoms with Gasteiger partial charge in [0.25, 0.3) is 0 Å². The third-order valence-corrected chi connectivity index (χ3v) is 13.4. The zero-order valence-corrected chi connectivity index (χ0v) is 44.8. The number of carbonyl (C=O) groups excluding carboxylic acids is 3. The first kappa shape index (κ1) is 63.4. The van der Waals surface area contributed by atoms with Crippen LogP contribution in [0.5, 0.6) is 0 Å². The van der Waals surface area contributed by atoms with Crippen LogP contribution in [0.4, 0.5) is 0 Å². The second kappa shape index (κ2) is 50.3. The van der Waals surface area contributed by atoms with Crippen molar-refractivity contribution >= 4 is 17.9 Å². The van der Waals surface area contributed by atoms with Crippen molar-refractivity contribution in [1.82, 2.24) is 0 Å². The van der Waals surface area contributed by atoms with Gasteiger partial charge in [-0.2, -0.15) is 0 Å². The lowest BCUT2D eigenvalue weighted by Gasteiger charge is -2.18. The molecule has 0 aromatic heterocycles. The van der Waals surface area contributed by atoms with Crippen LogP contribution in [0.25, 0.3) is 0 Å². The van der Waals surface area contributed by atoms with Crippen molar-refractivity contribution in [2.24, 2.45) is 17.8 Å². The van der Waals surface area contributed by atoms with E-state index in [4.69, 9.17) is 14.2 Å². The second-order valence-corrected chi connectivity index (χ2v) is 21.7. The summed E-state index contributed by atoms with van der Waals surface area (Å²) in [4.78, 5) is 38.1. The molecule has 386 valence electrons. The first-order chi connectivity index (χ1) is 31.6. The van der Waals surface area contributed by atoms with Crippen molar-refractivity contribution in [2.75, 3.05) is 13.2 Å². The van der Waals surface area contributed by atoms with E-state index >= 15 is 0 Å². The number of unbranched alkanes of at least 4 members (excludes halogenated alkanes) is 35. The topological polar surface area (TPSA) is 78.9 Å². The van der Waals surface area contributed by atoms with E-state index in [-0.39, 0.29) is 31.1 Å². The number of hydrogen-bond donors (Lipinski definition) is 0. The van der Waals surface area contributed by atoms with E-state index in [2.05, 4.69) is 41.5 Å². The molecule has 0 rings (SSSR count). The van der Waals surface area contributed by atoms with Gasteiger partial charge in [0.1, 0.15) is 13.2 Å². The molecule has 0 heterocycles. The third kappa shape index (κ3) is 53.2. The molecule has 6 nitrogen and oxygen atoms in total. The quantitative estimate of drug-likeness (QED) is 0.0344. The average Bonchev–Trinajstić information content (AvgIpc) is 3.26. The Labute approximate surface area is 406 Å². The van der Waals surface area contributed by atoms with Gasteiger partial charge in [0.2, 0.25) is 0 Å². The minimum Gasteiger partial charge on any atom is -0.462 e. The summed E-state index contributed by atoms with van der Waals surface area (Å²) in [5, 5.41) is 0. The van der Waals surface area contributed by atoms with Gasteiger partial charge in [-0.25, -0.2) is 0 Å². The molecular formula is C59H114O6. The van der Waals surface area contributed by atoms with Gasteiger partial charge in [0, 0.05) is 19.3 Å². The number of ether oxygens (including phenoxy) is 3. The summed E-state index contributed by atoms with van der Waals surface area (Å²) >= 11 is 0. The molecule has 0 bridgehead atoms. The predicted octanol–water partition coefficient (Wildman–Crippen LogP) is 19.1. The fourth-order valence-electron chi connectivity index (χ4n) is 9.00. The number of hydrogen-bond acceptors (Lipinski definition) is 6. The SMILES string of the molecule is CC(C)CCCCCCCCCCCCCCCCCCCCC(=O)OC[C@@H](COC(=O)CCCCCCCCCCCCCCCC(C)C)OC(=O)CCCCCCCCCC(C)C. The van der Waals surface area contributed by atoms with Crippen LogP contribution in [-0.2, 0) is 28.6 Å². The third-order valence-electron chi connectivity index (χ3n) is 13.4. The number of rotatable bonds is 52. The molecule has 0 fully saturated rings. The van der Waals surface area contributed by atoms with Crippen LogP contribution >= 0.6 is 0 Å². The molecule has 0 aromatic carbocycles. The van der Waals surface area contributed by atoms with E-state index in [1.165, 1.54) is 205 Å². The smallest absolute Gasteiger partial charge is 0.306 e. The summed E-state index contributed by atoms with van der Waals surface area (Å²) in [7, 11) is 0. The molecule has 65 heavy (non-hydrogen) atoms. The Morgan fingerprint density at radius 1 is 0.262 bits per heavy atom. The van der Waals surface area contributed by atoms with Crippen LogP contribution in [0, 0.1) is 17.8 Å². The van der Waals surface area contributed by atoms with Crippen molar-refractivity contribution in [1.29, 1.82) is 0 Å².